The first-order chi connectivity index (χ1) is 12.2. The van der Waals surface area contributed by atoms with E-state index in [-0.39, 0.29) is 6.10 Å². The van der Waals surface area contributed by atoms with Crippen LogP contribution >= 0.6 is 11.6 Å². The van der Waals surface area contributed by atoms with Crippen LogP contribution in [0.3, 0.4) is 0 Å². The van der Waals surface area contributed by atoms with Gasteiger partial charge in [-0.25, -0.2) is 0 Å². The van der Waals surface area contributed by atoms with E-state index in [0.29, 0.717) is 31.4 Å². The number of methoxy groups -OCH3 is 2. The molecule has 0 fully saturated rings. The Morgan fingerprint density at radius 1 is 1.20 bits per heavy atom. The molecule has 0 radical (unpaired) electrons. The van der Waals surface area contributed by atoms with Crippen LogP contribution in [0.5, 0.6) is 0 Å². The molecule has 0 aliphatic heterocycles. The molecule has 0 saturated carbocycles. The van der Waals surface area contributed by atoms with E-state index in [1.807, 2.05) is 31.2 Å². The highest BCUT2D eigenvalue weighted by Crippen LogP contribution is 2.20. The van der Waals surface area contributed by atoms with Crippen molar-refractivity contribution in [3.8, 4) is 0 Å². The van der Waals surface area contributed by atoms with Gasteiger partial charge >= 0.3 is 0 Å². The zero-order chi connectivity index (χ0) is 18.3. The lowest BCUT2D eigenvalue weighted by molar-refractivity contribution is 0.0698. The predicted octanol–water partition coefficient (Wildman–Crippen LogP) is 2.64. The van der Waals surface area contributed by atoms with Gasteiger partial charge in [-0.3, -0.25) is 4.99 Å². The summed E-state index contributed by atoms with van der Waals surface area (Å²) in [6.07, 6.45) is 0.766. The lowest BCUT2D eigenvalue weighted by Gasteiger charge is -2.16. The number of nitrogens with zero attached hydrogens (tertiary/aromatic N) is 1. The Kier molecular flexibility index (Phi) is 12.1. The molecular formula is C18H30ClN3O3. The van der Waals surface area contributed by atoms with Crippen molar-refractivity contribution in [1.29, 1.82) is 0 Å². The quantitative estimate of drug-likeness (QED) is 0.336. The number of benzene rings is 1. The fraction of sp³-hybridized carbons (Fsp3) is 0.611. The topological polar surface area (TPSA) is 64.1 Å². The van der Waals surface area contributed by atoms with Crippen LogP contribution in [0, 0.1) is 0 Å². The van der Waals surface area contributed by atoms with Crippen molar-refractivity contribution in [2.45, 2.75) is 19.4 Å². The first kappa shape index (κ1) is 21.7. The van der Waals surface area contributed by atoms with E-state index >= 15 is 0 Å². The fourth-order valence-electron chi connectivity index (χ4n) is 2.16. The van der Waals surface area contributed by atoms with Gasteiger partial charge in [0.25, 0.3) is 0 Å². The fourth-order valence-corrected chi connectivity index (χ4v) is 2.36. The number of rotatable bonds is 12. The number of hydrogen-bond donors (Lipinski definition) is 2. The standard InChI is InChI=1S/C18H30ClN3O3/c1-4-20-18(21-9-6-10-25-12-11-23-2)22-14-17(24-3)15-7-5-8-16(19)13-15/h5,7-8,13,17H,4,6,9-12,14H2,1-3H3,(H2,20,21,22). The van der Waals surface area contributed by atoms with Crippen LogP contribution in [-0.4, -0.2) is 59.6 Å². The zero-order valence-corrected chi connectivity index (χ0v) is 16.1. The number of hydrogen-bond acceptors (Lipinski definition) is 4. The van der Waals surface area contributed by atoms with Gasteiger partial charge in [0.05, 0.1) is 19.8 Å². The molecule has 1 unspecified atom stereocenters. The molecule has 0 amide bonds. The number of nitrogens with one attached hydrogen (secondary N) is 2. The molecule has 1 atom stereocenters. The van der Waals surface area contributed by atoms with Crippen molar-refractivity contribution in [3.05, 3.63) is 34.9 Å². The minimum absolute atomic E-state index is 0.133. The SMILES string of the molecule is CCNC(=NCC(OC)c1cccc(Cl)c1)NCCCOCCOC. The molecule has 25 heavy (non-hydrogen) atoms. The number of aliphatic imine (C=N–C) groups is 1. The first-order valence-corrected chi connectivity index (χ1v) is 8.96. The lowest BCUT2D eigenvalue weighted by atomic mass is 10.1. The lowest BCUT2D eigenvalue weighted by Crippen LogP contribution is -2.38. The van der Waals surface area contributed by atoms with Crippen LogP contribution in [0.4, 0.5) is 0 Å². The molecule has 1 aromatic carbocycles. The monoisotopic (exact) mass is 371 g/mol. The molecule has 0 aliphatic carbocycles. The van der Waals surface area contributed by atoms with Gasteiger partial charge in [-0.2, -0.15) is 0 Å². The Morgan fingerprint density at radius 3 is 2.72 bits per heavy atom. The predicted molar refractivity (Wildman–Crippen MR) is 102 cm³/mol. The molecule has 0 bridgehead atoms. The molecule has 6 nitrogen and oxygen atoms in total. The van der Waals surface area contributed by atoms with Gasteiger partial charge in [-0.1, -0.05) is 23.7 Å². The summed E-state index contributed by atoms with van der Waals surface area (Å²) in [6.45, 7) is 6.07. The highest BCUT2D eigenvalue weighted by atomic mass is 35.5. The van der Waals surface area contributed by atoms with Gasteiger partial charge in [-0.05, 0) is 31.0 Å². The maximum Gasteiger partial charge on any atom is 0.191 e. The highest BCUT2D eigenvalue weighted by molar-refractivity contribution is 6.30. The summed E-state index contributed by atoms with van der Waals surface area (Å²) in [5.41, 5.74) is 1.01. The Morgan fingerprint density at radius 2 is 2.04 bits per heavy atom. The molecular weight excluding hydrogens is 342 g/mol. The van der Waals surface area contributed by atoms with Gasteiger partial charge in [0.2, 0.25) is 0 Å². The van der Waals surface area contributed by atoms with E-state index in [0.717, 1.165) is 31.0 Å². The van der Waals surface area contributed by atoms with Crippen LogP contribution in [0.1, 0.15) is 25.0 Å². The second-order valence-electron chi connectivity index (χ2n) is 5.38. The Hall–Kier alpha value is -1.34. The van der Waals surface area contributed by atoms with E-state index in [9.17, 15) is 0 Å². The largest absolute Gasteiger partial charge is 0.382 e. The van der Waals surface area contributed by atoms with Gasteiger partial charge < -0.3 is 24.8 Å². The van der Waals surface area contributed by atoms with Crippen molar-refractivity contribution >= 4 is 17.6 Å². The third kappa shape index (κ3) is 9.65. The van der Waals surface area contributed by atoms with Crippen LogP contribution < -0.4 is 10.6 Å². The molecule has 2 N–H and O–H groups in total. The second kappa shape index (κ2) is 13.9. The molecule has 0 saturated heterocycles. The Balaban J connectivity index is 2.44. The normalized spacial score (nSPS) is 12.9. The summed E-state index contributed by atoms with van der Waals surface area (Å²) in [5, 5.41) is 7.23. The molecule has 1 rings (SSSR count). The van der Waals surface area contributed by atoms with E-state index in [1.54, 1.807) is 14.2 Å². The Labute approximate surface area is 155 Å². The van der Waals surface area contributed by atoms with Crippen molar-refractivity contribution in [2.75, 3.05) is 53.7 Å². The first-order valence-electron chi connectivity index (χ1n) is 8.58. The van der Waals surface area contributed by atoms with E-state index in [4.69, 9.17) is 25.8 Å². The van der Waals surface area contributed by atoms with Gasteiger partial charge in [-0.15, -0.1) is 0 Å². The van der Waals surface area contributed by atoms with E-state index < -0.39 is 0 Å². The van der Waals surface area contributed by atoms with Crippen molar-refractivity contribution < 1.29 is 14.2 Å². The minimum Gasteiger partial charge on any atom is -0.382 e. The van der Waals surface area contributed by atoms with Crippen LogP contribution in [0.2, 0.25) is 5.02 Å². The van der Waals surface area contributed by atoms with Gasteiger partial charge in [0.15, 0.2) is 5.96 Å². The van der Waals surface area contributed by atoms with Crippen molar-refractivity contribution in [2.24, 2.45) is 4.99 Å². The molecule has 1 aromatic rings. The smallest absolute Gasteiger partial charge is 0.191 e. The molecule has 0 aromatic heterocycles. The van der Waals surface area contributed by atoms with Crippen LogP contribution in [0.15, 0.2) is 29.3 Å². The highest BCUT2D eigenvalue weighted by Gasteiger charge is 2.10. The second-order valence-corrected chi connectivity index (χ2v) is 5.82. The van der Waals surface area contributed by atoms with E-state index in [2.05, 4.69) is 15.6 Å². The maximum absolute atomic E-state index is 6.05. The van der Waals surface area contributed by atoms with Crippen LogP contribution in [-0.2, 0) is 14.2 Å². The average Bonchev–Trinajstić information content (AvgIpc) is 2.61. The molecule has 0 heterocycles. The summed E-state index contributed by atoms with van der Waals surface area (Å²) in [4.78, 5) is 4.60. The number of halogens is 1. The zero-order valence-electron chi connectivity index (χ0n) is 15.4. The molecule has 142 valence electrons. The van der Waals surface area contributed by atoms with Gasteiger partial charge in [0, 0.05) is 38.9 Å². The third-order valence-electron chi connectivity index (χ3n) is 3.45. The minimum atomic E-state index is -0.133. The molecule has 0 aliphatic rings. The summed E-state index contributed by atoms with van der Waals surface area (Å²) in [6, 6.07) is 7.66. The Bertz CT molecular complexity index is 500. The van der Waals surface area contributed by atoms with Crippen molar-refractivity contribution in [1.82, 2.24) is 10.6 Å². The average molecular weight is 372 g/mol. The number of guanidine groups is 1. The summed E-state index contributed by atoms with van der Waals surface area (Å²) in [7, 11) is 3.35. The third-order valence-corrected chi connectivity index (χ3v) is 3.69. The summed E-state index contributed by atoms with van der Waals surface area (Å²) < 4.78 is 15.9. The summed E-state index contributed by atoms with van der Waals surface area (Å²) >= 11 is 6.05. The molecule has 7 heteroatoms. The maximum atomic E-state index is 6.05. The van der Waals surface area contributed by atoms with Crippen LogP contribution in [0.25, 0.3) is 0 Å². The van der Waals surface area contributed by atoms with Gasteiger partial charge in [0.1, 0.15) is 6.10 Å². The molecule has 0 spiro atoms. The van der Waals surface area contributed by atoms with E-state index in [1.165, 1.54) is 0 Å². The summed E-state index contributed by atoms with van der Waals surface area (Å²) in [5.74, 6) is 0.767. The van der Waals surface area contributed by atoms with Crippen molar-refractivity contribution in [3.63, 3.8) is 0 Å². The number of ether oxygens (including phenoxy) is 3.